The molecule has 1 amide bonds. The van der Waals surface area contributed by atoms with Crippen LogP contribution in [0.2, 0.25) is 0 Å². The smallest absolute Gasteiger partial charge is 0.295 e. The number of aromatic nitrogens is 1. The minimum Gasteiger partial charge on any atom is -0.507 e. The molecule has 1 aromatic heterocycles. The van der Waals surface area contributed by atoms with Crippen molar-refractivity contribution in [1.29, 1.82) is 0 Å². The normalized spacial score (nSPS) is 18.1. The molecule has 4 rings (SSSR count). The molecule has 0 radical (unpaired) electrons. The fourth-order valence-corrected chi connectivity index (χ4v) is 3.75. The summed E-state index contributed by atoms with van der Waals surface area (Å²) in [7, 11) is 0. The van der Waals surface area contributed by atoms with Crippen LogP contribution >= 0.6 is 15.9 Å². The summed E-state index contributed by atoms with van der Waals surface area (Å²) >= 11 is 3.38. The lowest BCUT2D eigenvalue weighted by Gasteiger charge is -2.25. The number of aliphatic hydroxyl groups excluding tert-OH is 1. The second kappa shape index (κ2) is 8.20. The summed E-state index contributed by atoms with van der Waals surface area (Å²) < 4.78 is 14.2. The van der Waals surface area contributed by atoms with Crippen molar-refractivity contribution in [3.63, 3.8) is 0 Å². The second-order valence-corrected chi connectivity index (χ2v) is 7.76. The van der Waals surface area contributed by atoms with Crippen molar-refractivity contribution in [3.05, 3.63) is 106 Å². The van der Waals surface area contributed by atoms with Gasteiger partial charge in [-0.05, 0) is 53.6 Å². The molecule has 5 nitrogen and oxygen atoms in total. The highest BCUT2D eigenvalue weighted by atomic mass is 79.9. The van der Waals surface area contributed by atoms with Gasteiger partial charge in [-0.15, -0.1) is 0 Å². The van der Waals surface area contributed by atoms with Crippen LogP contribution < -0.4 is 0 Å². The third-order valence-electron chi connectivity index (χ3n) is 4.92. The number of carbonyl (C=O) groups is 2. The van der Waals surface area contributed by atoms with E-state index >= 15 is 0 Å². The lowest BCUT2D eigenvalue weighted by molar-refractivity contribution is -0.140. The molecule has 0 aliphatic carbocycles. The fraction of sp³-hybridized carbons (Fsp3) is 0.0870. The molecular formula is C23H16BrFN2O3. The van der Waals surface area contributed by atoms with Gasteiger partial charge in [0, 0.05) is 29.0 Å². The molecule has 0 bridgehead atoms. The molecule has 1 unspecified atom stereocenters. The number of hydrogen-bond acceptors (Lipinski definition) is 4. The van der Waals surface area contributed by atoms with E-state index in [2.05, 4.69) is 20.9 Å². The average Bonchev–Trinajstić information content (AvgIpc) is 3.00. The van der Waals surface area contributed by atoms with Crippen LogP contribution in [0.4, 0.5) is 4.39 Å². The number of halogens is 2. The summed E-state index contributed by atoms with van der Waals surface area (Å²) in [6.45, 7) is 0.152. The van der Waals surface area contributed by atoms with E-state index in [0.29, 0.717) is 5.56 Å². The third-order valence-corrected chi connectivity index (χ3v) is 5.45. The molecule has 0 saturated carbocycles. The monoisotopic (exact) mass is 466 g/mol. The molecule has 1 N–H and O–H groups in total. The molecule has 1 fully saturated rings. The summed E-state index contributed by atoms with van der Waals surface area (Å²) in [5.41, 5.74) is 1.66. The van der Waals surface area contributed by atoms with Crippen LogP contribution in [-0.2, 0) is 16.1 Å². The molecule has 7 heteroatoms. The van der Waals surface area contributed by atoms with Gasteiger partial charge in [-0.25, -0.2) is 4.39 Å². The molecule has 2 heterocycles. The molecule has 3 aromatic rings. The van der Waals surface area contributed by atoms with Gasteiger partial charge >= 0.3 is 0 Å². The topological polar surface area (TPSA) is 70.5 Å². The van der Waals surface area contributed by atoms with Gasteiger partial charge in [-0.2, -0.15) is 0 Å². The van der Waals surface area contributed by atoms with Gasteiger partial charge in [0.25, 0.3) is 11.7 Å². The zero-order valence-corrected chi connectivity index (χ0v) is 17.2. The second-order valence-electron chi connectivity index (χ2n) is 6.85. The van der Waals surface area contributed by atoms with Crippen molar-refractivity contribution in [1.82, 2.24) is 9.88 Å². The minimum absolute atomic E-state index is 0.0298. The molecule has 1 saturated heterocycles. The number of carbonyl (C=O) groups excluding carboxylic acids is 2. The number of ketones is 1. The largest absolute Gasteiger partial charge is 0.507 e. The van der Waals surface area contributed by atoms with E-state index in [1.54, 1.807) is 42.7 Å². The van der Waals surface area contributed by atoms with Crippen LogP contribution in [0, 0.1) is 5.82 Å². The summed E-state index contributed by atoms with van der Waals surface area (Å²) in [5.74, 6) is -2.30. The first-order valence-electron chi connectivity index (χ1n) is 9.14. The van der Waals surface area contributed by atoms with E-state index in [1.165, 1.54) is 29.2 Å². The van der Waals surface area contributed by atoms with Crippen molar-refractivity contribution < 1.29 is 19.1 Å². The van der Waals surface area contributed by atoms with E-state index in [-0.39, 0.29) is 23.4 Å². The van der Waals surface area contributed by atoms with Gasteiger partial charge in [0.1, 0.15) is 11.6 Å². The number of aliphatic hydroxyl groups is 1. The number of likely N-dealkylation sites (tertiary alicyclic amines) is 1. The highest BCUT2D eigenvalue weighted by molar-refractivity contribution is 9.10. The van der Waals surface area contributed by atoms with E-state index in [4.69, 9.17) is 0 Å². The predicted octanol–water partition coefficient (Wildman–Crippen LogP) is 4.61. The van der Waals surface area contributed by atoms with Crippen molar-refractivity contribution in [2.45, 2.75) is 12.6 Å². The number of amides is 1. The zero-order valence-electron chi connectivity index (χ0n) is 15.6. The Bertz CT molecular complexity index is 1130. The molecule has 2 aromatic carbocycles. The summed E-state index contributed by atoms with van der Waals surface area (Å²) in [4.78, 5) is 31.3. The number of pyridine rings is 1. The van der Waals surface area contributed by atoms with Gasteiger partial charge in [0.2, 0.25) is 0 Å². The molecular weight excluding hydrogens is 451 g/mol. The van der Waals surface area contributed by atoms with Crippen molar-refractivity contribution in [2.24, 2.45) is 0 Å². The third kappa shape index (κ3) is 3.76. The molecule has 1 aliphatic rings. The zero-order chi connectivity index (χ0) is 21.3. The summed E-state index contributed by atoms with van der Waals surface area (Å²) in [5, 5.41) is 10.9. The van der Waals surface area contributed by atoms with Gasteiger partial charge in [-0.1, -0.05) is 34.1 Å². The van der Waals surface area contributed by atoms with Crippen molar-refractivity contribution >= 4 is 33.4 Å². The van der Waals surface area contributed by atoms with E-state index in [1.807, 2.05) is 6.07 Å². The molecule has 30 heavy (non-hydrogen) atoms. The van der Waals surface area contributed by atoms with E-state index in [9.17, 15) is 19.1 Å². The predicted molar refractivity (Wildman–Crippen MR) is 113 cm³/mol. The van der Waals surface area contributed by atoms with E-state index < -0.39 is 23.5 Å². The van der Waals surface area contributed by atoms with Gasteiger partial charge in [0.15, 0.2) is 0 Å². The maximum atomic E-state index is 13.3. The van der Waals surface area contributed by atoms with Crippen LogP contribution in [0.15, 0.2) is 83.1 Å². The van der Waals surface area contributed by atoms with Crippen LogP contribution in [0.1, 0.15) is 22.7 Å². The number of rotatable bonds is 4. The summed E-state index contributed by atoms with van der Waals surface area (Å²) in [6, 6.07) is 15.1. The highest BCUT2D eigenvalue weighted by Gasteiger charge is 2.46. The van der Waals surface area contributed by atoms with Crippen LogP contribution in [0.5, 0.6) is 0 Å². The number of benzene rings is 2. The summed E-state index contributed by atoms with van der Waals surface area (Å²) in [6.07, 6.45) is 3.25. The first kappa shape index (κ1) is 20.0. The minimum atomic E-state index is -0.789. The standard InChI is InChI=1S/C23H16BrFN2O3/c24-17-7-3-15(4-8-17)20-19(21(28)16-5-9-18(25)10-6-16)22(29)23(30)27(20)13-14-2-1-11-26-12-14/h1-12,20,28H,13H2/b21-19-. The Hall–Kier alpha value is -3.32. The Morgan fingerprint density at radius 3 is 2.40 bits per heavy atom. The first-order chi connectivity index (χ1) is 14.5. The van der Waals surface area contributed by atoms with Gasteiger partial charge in [0.05, 0.1) is 11.6 Å². The molecule has 1 atom stereocenters. The molecule has 150 valence electrons. The van der Waals surface area contributed by atoms with Crippen LogP contribution in [0.25, 0.3) is 5.76 Å². The quantitative estimate of drug-likeness (QED) is 0.346. The Morgan fingerprint density at radius 1 is 1.07 bits per heavy atom. The number of Topliss-reactive ketones (excluding diaryl/α,β-unsaturated/α-hetero) is 1. The highest BCUT2D eigenvalue weighted by Crippen LogP contribution is 2.40. The Kier molecular flexibility index (Phi) is 5.46. The van der Waals surface area contributed by atoms with Gasteiger partial charge < -0.3 is 10.0 Å². The SMILES string of the molecule is O=C1C(=O)N(Cc2cccnc2)C(c2ccc(Br)cc2)/C1=C(/O)c1ccc(F)cc1. The van der Waals surface area contributed by atoms with Gasteiger partial charge in [-0.3, -0.25) is 14.6 Å². The van der Waals surface area contributed by atoms with Crippen LogP contribution in [-0.4, -0.2) is 26.7 Å². The average molecular weight is 467 g/mol. The molecule has 0 spiro atoms. The van der Waals surface area contributed by atoms with Crippen LogP contribution in [0.3, 0.4) is 0 Å². The lowest BCUT2D eigenvalue weighted by atomic mass is 9.95. The fourth-order valence-electron chi connectivity index (χ4n) is 3.49. The maximum Gasteiger partial charge on any atom is 0.295 e. The first-order valence-corrected chi connectivity index (χ1v) is 9.93. The Morgan fingerprint density at radius 2 is 1.77 bits per heavy atom. The maximum absolute atomic E-state index is 13.3. The van der Waals surface area contributed by atoms with Crippen molar-refractivity contribution in [3.8, 4) is 0 Å². The Balaban J connectivity index is 1.85. The number of hydrogen-bond donors (Lipinski definition) is 1. The lowest BCUT2D eigenvalue weighted by Crippen LogP contribution is -2.29. The molecule has 1 aliphatic heterocycles. The Labute approximate surface area is 180 Å². The van der Waals surface area contributed by atoms with Crippen molar-refractivity contribution in [2.75, 3.05) is 0 Å². The number of nitrogens with zero attached hydrogens (tertiary/aromatic N) is 2. The van der Waals surface area contributed by atoms with E-state index in [0.717, 1.165) is 10.0 Å².